The molecule has 2 aromatic carbocycles. The van der Waals surface area contributed by atoms with Crippen LogP contribution in [0.4, 0.5) is 46.0 Å². The van der Waals surface area contributed by atoms with Gasteiger partial charge in [-0.25, -0.2) is 14.0 Å². The molecular weight excluding hydrogens is 535 g/mol. The summed E-state index contributed by atoms with van der Waals surface area (Å²) in [4.78, 5) is 27.1. The lowest BCUT2D eigenvalue weighted by Crippen LogP contribution is -2.61. The van der Waals surface area contributed by atoms with Crippen molar-refractivity contribution in [1.82, 2.24) is 10.2 Å². The molecule has 1 aliphatic heterocycles. The highest BCUT2D eigenvalue weighted by Gasteiger charge is 2.47. The van der Waals surface area contributed by atoms with Crippen LogP contribution < -0.4 is 10.2 Å². The third kappa shape index (κ3) is 6.74. The predicted molar refractivity (Wildman–Crippen MR) is 129 cm³/mol. The summed E-state index contributed by atoms with van der Waals surface area (Å²) >= 11 is 0. The molecule has 3 amide bonds. The van der Waals surface area contributed by atoms with E-state index in [-0.39, 0.29) is 19.0 Å². The van der Waals surface area contributed by atoms with E-state index in [4.69, 9.17) is 0 Å². The standard InChI is InChI=1S/C26H28F7N3O3/c1-24(2,3)21-20(14-5-7-17(27)8-6-14)19(9-10-36(21)23(38)39)34-22(37)35(4)18-12-15(25(28,29)30)11-16(13-18)26(31,32)33/h5-8,11-13,19-21H,9-10H2,1-4H3,(H,34,37)(H,38,39)/t19-,20+,21?/m0/s1. The van der Waals surface area contributed by atoms with Crippen LogP contribution in [0.25, 0.3) is 0 Å². The second-order valence-electron chi connectivity index (χ2n) is 10.5. The zero-order valence-corrected chi connectivity index (χ0v) is 21.5. The number of hydrogen-bond donors (Lipinski definition) is 2. The number of piperidine rings is 1. The third-order valence-corrected chi connectivity index (χ3v) is 6.75. The minimum atomic E-state index is -5.09. The molecule has 2 N–H and O–H groups in total. The van der Waals surface area contributed by atoms with Crippen molar-refractivity contribution in [2.45, 2.75) is 57.5 Å². The molecular formula is C26H28F7N3O3. The Kier molecular flexibility index (Phi) is 8.14. The van der Waals surface area contributed by atoms with E-state index >= 15 is 0 Å². The molecule has 1 fully saturated rings. The van der Waals surface area contributed by atoms with Crippen molar-refractivity contribution in [1.29, 1.82) is 0 Å². The number of amides is 3. The van der Waals surface area contributed by atoms with Gasteiger partial charge in [0, 0.05) is 37.3 Å². The van der Waals surface area contributed by atoms with Gasteiger partial charge >= 0.3 is 24.5 Å². The largest absolute Gasteiger partial charge is 0.465 e. The molecule has 3 atom stereocenters. The topological polar surface area (TPSA) is 72.9 Å². The van der Waals surface area contributed by atoms with E-state index in [0.29, 0.717) is 22.6 Å². The number of nitrogens with one attached hydrogen (secondary N) is 1. The minimum absolute atomic E-state index is 0.00536. The van der Waals surface area contributed by atoms with E-state index in [2.05, 4.69) is 5.32 Å². The molecule has 0 radical (unpaired) electrons. The molecule has 0 spiro atoms. The fraction of sp³-hybridized carbons (Fsp3) is 0.462. The second kappa shape index (κ2) is 10.6. The fourth-order valence-electron chi connectivity index (χ4n) is 5.00. The summed E-state index contributed by atoms with van der Waals surface area (Å²) in [7, 11) is 1.03. The summed E-state index contributed by atoms with van der Waals surface area (Å²) in [5.74, 6) is -1.25. The van der Waals surface area contributed by atoms with Crippen LogP contribution in [0.2, 0.25) is 0 Å². The van der Waals surface area contributed by atoms with Gasteiger partial charge in [-0.2, -0.15) is 26.3 Å². The van der Waals surface area contributed by atoms with Crippen LogP contribution in [0, 0.1) is 11.2 Å². The van der Waals surface area contributed by atoms with E-state index < -0.39 is 70.5 Å². The molecule has 214 valence electrons. The van der Waals surface area contributed by atoms with Crippen LogP contribution in [-0.2, 0) is 12.4 Å². The maximum absolute atomic E-state index is 13.7. The molecule has 1 saturated heterocycles. The maximum Gasteiger partial charge on any atom is 0.416 e. The molecule has 1 aliphatic rings. The first-order valence-electron chi connectivity index (χ1n) is 11.9. The number of alkyl halides is 6. The number of hydrogen-bond acceptors (Lipinski definition) is 2. The fourth-order valence-corrected chi connectivity index (χ4v) is 5.00. The summed E-state index contributed by atoms with van der Waals surface area (Å²) < 4.78 is 93.7. The van der Waals surface area contributed by atoms with Crippen LogP contribution in [-0.4, -0.2) is 47.8 Å². The Labute approximate surface area is 220 Å². The quantitative estimate of drug-likeness (QED) is 0.397. The van der Waals surface area contributed by atoms with Gasteiger partial charge in [-0.15, -0.1) is 0 Å². The molecule has 1 heterocycles. The lowest BCUT2D eigenvalue weighted by Gasteiger charge is -2.50. The van der Waals surface area contributed by atoms with Gasteiger partial charge in [0.25, 0.3) is 0 Å². The summed E-state index contributed by atoms with van der Waals surface area (Å²) in [5.41, 5.74) is -3.94. The van der Waals surface area contributed by atoms with Gasteiger partial charge in [-0.05, 0) is 47.7 Å². The SMILES string of the molecule is CN(C(=O)N[C@H]1CCN(C(=O)O)C(C(C)(C)C)[C@@H]1c1ccc(F)cc1)c1cc(C(F)(F)F)cc(C(F)(F)F)c1. The Bertz CT molecular complexity index is 1170. The molecule has 2 aromatic rings. The van der Waals surface area contributed by atoms with Crippen LogP contribution in [0.15, 0.2) is 42.5 Å². The number of carbonyl (C=O) groups excluding carboxylic acids is 1. The van der Waals surface area contributed by atoms with Gasteiger partial charge in [0.05, 0.1) is 11.1 Å². The molecule has 39 heavy (non-hydrogen) atoms. The Balaban J connectivity index is 2.01. The Morgan fingerprint density at radius 1 is 0.949 bits per heavy atom. The van der Waals surface area contributed by atoms with Crippen molar-refractivity contribution in [3.8, 4) is 0 Å². The molecule has 0 bridgehead atoms. The van der Waals surface area contributed by atoms with Crippen molar-refractivity contribution in [3.05, 3.63) is 65.0 Å². The zero-order valence-electron chi connectivity index (χ0n) is 21.5. The molecule has 6 nitrogen and oxygen atoms in total. The average Bonchev–Trinajstić information content (AvgIpc) is 2.81. The van der Waals surface area contributed by atoms with Crippen LogP contribution in [0.5, 0.6) is 0 Å². The van der Waals surface area contributed by atoms with Crippen LogP contribution in [0.1, 0.15) is 49.8 Å². The first-order valence-corrected chi connectivity index (χ1v) is 11.9. The molecule has 13 heteroatoms. The first kappa shape index (κ1) is 30.0. The highest BCUT2D eigenvalue weighted by Crippen LogP contribution is 2.43. The monoisotopic (exact) mass is 563 g/mol. The number of halogens is 7. The Morgan fingerprint density at radius 2 is 1.46 bits per heavy atom. The number of urea groups is 1. The normalized spacial score (nSPS) is 20.5. The van der Waals surface area contributed by atoms with Gasteiger partial charge in [0.2, 0.25) is 0 Å². The van der Waals surface area contributed by atoms with Gasteiger partial charge in [-0.3, -0.25) is 4.90 Å². The highest BCUT2D eigenvalue weighted by atomic mass is 19.4. The molecule has 3 rings (SSSR count). The van der Waals surface area contributed by atoms with E-state index in [9.17, 15) is 45.4 Å². The minimum Gasteiger partial charge on any atom is -0.465 e. The lowest BCUT2D eigenvalue weighted by molar-refractivity contribution is -0.143. The molecule has 1 unspecified atom stereocenters. The van der Waals surface area contributed by atoms with Gasteiger partial charge in [0.15, 0.2) is 0 Å². The maximum atomic E-state index is 13.7. The van der Waals surface area contributed by atoms with Crippen molar-refractivity contribution in [2.75, 3.05) is 18.5 Å². The number of carbonyl (C=O) groups is 2. The van der Waals surface area contributed by atoms with Crippen molar-refractivity contribution < 1.29 is 45.4 Å². The molecule has 0 aromatic heterocycles. The smallest absolute Gasteiger partial charge is 0.416 e. The Morgan fingerprint density at radius 3 is 1.90 bits per heavy atom. The number of carboxylic acid groups (broad SMARTS) is 1. The predicted octanol–water partition coefficient (Wildman–Crippen LogP) is 6.96. The van der Waals surface area contributed by atoms with Gasteiger partial charge in [0.1, 0.15) is 5.82 Å². The van der Waals surface area contributed by atoms with Gasteiger partial charge in [-0.1, -0.05) is 32.9 Å². The Hall–Kier alpha value is -3.51. The number of likely N-dealkylation sites (tertiary alicyclic amines) is 1. The van der Waals surface area contributed by atoms with Crippen molar-refractivity contribution >= 4 is 17.8 Å². The zero-order chi connectivity index (χ0) is 29.5. The highest BCUT2D eigenvalue weighted by molar-refractivity contribution is 5.92. The number of nitrogens with zero attached hydrogens (tertiary/aromatic N) is 2. The molecule has 0 aliphatic carbocycles. The van der Waals surface area contributed by atoms with E-state index in [1.54, 1.807) is 20.8 Å². The molecule has 0 saturated carbocycles. The second-order valence-corrected chi connectivity index (χ2v) is 10.5. The van der Waals surface area contributed by atoms with Crippen LogP contribution >= 0.6 is 0 Å². The number of anilines is 1. The summed E-state index contributed by atoms with van der Waals surface area (Å²) in [6.45, 7) is 5.39. The number of benzene rings is 2. The van der Waals surface area contributed by atoms with E-state index in [0.717, 1.165) is 7.05 Å². The van der Waals surface area contributed by atoms with E-state index in [1.165, 1.54) is 29.2 Å². The van der Waals surface area contributed by atoms with E-state index in [1.807, 2.05) is 0 Å². The number of rotatable bonds is 3. The van der Waals surface area contributed by atoms with Crippen molar-refractivity contribution in [2.24, 2.45) is 5.41 Å². The summed E-state index contributed by atoms with van der Waals surface area (Å²) in [6.07, 6.45) is -11.3. The average molecular weight is 564 g/mol. The van der Waals surface area contributed by atoms with Crippen LogP contribution in [0.3, 0.4) is 0 Å². The van der Waals surface area contributed by atoms with Crippen molar-refractivity contribution in [3.63, 3.8) is 0 Å². The summed E-state index contributed by atoms with van der Waals surface area (Å²) in [6, 6.07) is 3.64. The lowest BCUT2D eigenvalue weighted by atomic mass is 9.69. The third-order valence-electron chi connectivity index (χ3n) is 6.75. The van der Waals surface area contributed by atoms with Gasteiger partial charge < -0.3 is 15.3 Å². The first-order chi connectivity index (χ1) is 17.8. The summed E-state index contributed by atoms with van der Waals surface area (Å²) in [5, 5.41) is 12.5.